The van der Waals surface area contributed by atoms with Gasteiger partial charge in [-0.2, -0.15) is 0 Å². The molecule has 0 bridgehead atoms. The first-order chi connectivity index (χ1) is 22.0. The van der Waals surface area contributed by atoms with Crippen molar-refractivity contribution in [2.75, 3.05) is 17.4 Å². The third-order valence-electron chi connectivity index (χ3n) is 7.78. The summed E-state index contributed by atoms with van der Waals surface area (Å²) in [6.07, 6.45) is 1.93. The van der Waals surface area contributed by atoms with Gasteiger partial charge >= 0.3 is 0 Å². The van der Waals surface area contributed by atoms with Crippen molar-refractivity contribution >= 4 is 39.1 Å². The van der Waals surface area contributed by atoms with Crippen molar-refractivity contribution in [1.29, 1.82) is 0 Å². The first-order valence-corrected chi connectivity index (χ1v) is 17.3. The normalized spacial score (nSPS) is 11.9. The third kappa shape index (κ3) is 8.98. The molecular formula is C37H42ClN3O4S. The lowest BCUT2D eigenvalue weighted by Gasteiger charge is -2.34. The van der Waals surface area contributed by atoms with Crippen LogP contribution in [0.1, 0.15) is 47.6 Å². The fourth-order valence-corrected chi connectivity index (χ4v) is 6.92. The van der Waals surface area contributed by atoms with Crippen LogP contribution in [0.3, 0.4) is 0 Å². The van der Waals surface area contributed by atoms with E-state index in [0.29, 0.717) is 22.8 Å². The topological polar surface area (TPSA) is 86.8 Å². The maximum atomic E-state index is 14.6. The van der Waals surface area contributed by atoms with E-state index >= 15 is 0 Å². The summed E-state index contributed by atoms with van der Waals surface area (Å²) in [6.45, 7) is 7.65. The summed E-state index contributed by atoms with van der Waals surface area (Å²) >= 11 is 6.58. The molecule has 0 heterocycles. The number of rotatable bonds is 14. The molecule has 0 aliphatic rings. The van der Waals surface area contributed by atoms with Gasteiger partial charge in [-0.1, -0.05) is 97.2 Å². The summed E-state index contributed by atoms with van der Waals surface area (Å²) in [4.78, 5) is 30.0. The molecule has 2 amide bonds. The van der Waals surface area contributed by atoms with Crippen LogP contribution in [0, 0.1) is 20.8 Å². The molecule has 1 N–H and O–H groups in total. The van der Waals surface area contributed by atoms with Gasteiger partial charge in [0, 0.05) is 24.5 Å². The van der Waals surface area contributed by atoms with Crippen LogP contribution in [-0.4, -0.2) is 44.3 Å². The molecule has 9 heteroatoms. The maximum Gasteiger partial charge on any atom is 0.264 e. The van der Waals surface area contributed by atoms with Crippen molar-refractivity contribution in [3.8, 4) is 0 Å². The Balaban J connectivity index is 1.82. The molecule has 0 radical (unpaired) electrons. The minimum absolute atomic E-state index is 0.0163. The Morgan fingerprint density at radius 1 is 0.826 bits per heavy atom. The number of benzene rings is 4. The number of hydrogen-bond acceptors (Lipinski definition) is 4. The van der Waals surface area contributed by atoms with E-state index in [0.717, 1.165) is 39.4 Å². The number of halogens is 1. The number of nitrogens with one attached hydrogen (secondary N) is 1. The first kappa shape index (κ1) is 34.7. The van der Waals surface area contributed by atoms with E-state index in [1.807, 2.05) is 76.2 Å². The first-order valence-electron chi connectivity index (χ1n) is 15.5. The molecule has 46 heavy (non-hydrogen) atoms. The number of unbranched alkanes of at least 4 members (excludes halogenated alkanes) is 1. The van der Waals surface area contributed by atoms with Gasteiger partial charge in [-0.05, 0) is 79.8 Å². The second-order valence-electron chi connectivity index (χ2n) is 11.6. The summed E-state index contributed by atoms with van der Waals surface area (Å²) in [7, 11) is -4.18. The Kier molecular flexibility index (Phi) is 12.0. The van der Waals surface area contributed by atoms with Gasteiger partial charge in [-0.25, -0.2) is 8.42 Å². The van der Waals surface area contributed by atoms with Crippen molar-refractivity contribution in [2.45, 2.75) is 64.4 Å². The van der Waals surface area contributed by atoms with E-state index in [4.69, 9.17) is 11.6 Å². The van der Waals surface area contributed by atoms with Crippen LogP contribution in [-0.2, 0) is 32.6 Å². The fraction of sp³-hybridized carbons (Fsp3) is 0.297. The van der Waals surface area contributed by atoms with Crippen molar-refractivity contribution in [1.82, 2.24) is 10.2 Å². The van der Waals surface area contributed by atoms with E-state index in [1.54, 1.807) is 48.5 Å². The van der Waals surface area contributed by atoms with Gasteiger partial charge in [-0.15, -0.1) is 0 Å². The van der Waals surface area contributed by atoms with E-state index in [9.17, 15) is 18.0 Å². The van der Waals surface area contributed by atoms with Gasteiger partial charge in [0.05, 0.1) is 10.6 Å². The molecule has 0 aromatic heterocycles. The molecule has 0 saturated heterocycles. The third-order valence-corrected chi connectivity index (χ3v) is 9.94. The molecule has 4 aromatic rings. The zero-order valence-corrected chi connectivity index (χ0v) is 28.4. The van der Waals surface area contributed by atoms with E-state index in [-0.39, 0.29) is 23.8 Å². The zero-order chi connectivity index (χ0) is 33.3. The van der Waals surface area contributed by atoms with Crippen LogP contribution >= 0.6 is 11.6 Å². The lowest BCUT2D eigenvalue weighted by atomic mass is 10.0. The van der Waals surface area contributed by atoms with Crippen LogP contribution in [0.2, 0.25) is 5.02 Å². The van der Waals surface area contributed by atoms with Gasteiger partial charge in [0.1, 0.15) is 12.6 Å². The number of sulfonamides is 1. The second-order valence-corrected chi connectivity index (χ2v) is 13.9. The van der Waals surface area contributed by atoms with Crippen LogP contribution < -0.4 is 9.62 Å². The van der Waals surface area contributed by atoms with E-state index in [2.05, 4.69) is 5.32 Å². The zero-order valence-electron chi connectivity index (χ0n) is 26.9. The molecule has 0 fully saturated rings. The molecular weight excluding hydrogens is 618 g/mol. The Bertz CT molecular complexity index is 1720. The van der Waals surface area contributed by atoms with Crippen LogP contribution in [0.25, 0.3) is 0 Å². The van der Waals surface area contributed by atoms with Gasteiger partial charge < -0.3 is 10.2 Å². The predicted molar refractivity (Wildman–Crippen MR) is 185 cm³/mol. The summed E-state index contributed by atoms with van der Waals surface area (Å²) in [5, 5.41) is 3.45. The maximum absolute atomic E-state index is 14.6. The molecule has 0 unspecified atom stereocenters. The standard InChI is InChI=1S/C37H42ClN3O4S/c1-5-6-20-39-37(43)35(24-30-12-8-7-9-13-30)40(25-31-14-10-11-15-34(31)38)36(42)26-41(32-22-28(3)21-29(4)23-32)46(44,45)33-18-16-27(2)17-19-33/h7-19,21-23,35H,5-6,20,24-26H2,1-4H3,(H,39,43)/t35-/m0/s1. The quantitative estimate of drug-likeness (QED) is 0.148. The van der Waals surface area contributed by atoms with Gasteiger partial charge in [0.25, 0.3) is 10.0 Å². The molecule has 0 spiro atoms. The Morgan fingerprint density at radius 3 is 2.09 bits per heavy atom. The predicted octanol–water partition coefficient (Wildman–Crippen LogP) is 7.02. The molecule has 0 saturated carbocycles. The lowest BCUT2D eigenvalue weighted by molar-refractivity contribution is -0.140. The van der Waals surface area contributed by atoms with Crippen molar-refractivity contribution < 1.29 is 18.0 Å². The highest BCUT2D eigenvalue weighted by Gasteiger charge is 2.35. The van der Waals surface area contributed by atoms with E-state index in [1.165, 1.54) is 4.90 Å². The number of amides is 2. The number of carbonyl (C=O) groups is 2. The van der Waals surface area contributed by atoms with Gasteiger partial charge in [-0.3, -0.25) is 13.9 Å². The van der Waals surface area contributed by atoms with Crippen LogP contribution in [0.4, 0.5) is 5.69 Å². The number of nitrogens with zero attached hydrogens (tertiary/aromatic N) is 2. The SMILES string of the molecule is CCCCNC(=O)[C@H](Cc1ccccc1)N(Cc1ccccc1Cl)C(=O)CN(c1cc(C)cc(C)c1)S(=O)(=O)c1ccc(C)cc1. The van der Waals surface area contributed by atoms with Crippen LogP contribution in [0.5, 0.6) is 0 Å². The largest absolute Gasteiger partial charge is 0.354 e. The highest BCUT2D eigenvalue weighted by Crippen LogP contribution is 2.28. The number of carbonyl (C=O) groups excluding carboxylic acids is 2. The fourth-order valence-electron chi connectivity index (χ4n) is 5.33. The Morgan fingerprint density at radius 2 is 1.46 bits per heavy atom. The molecule has 7 nitrogen and oxygen atoms in total. The number of anilines is 1. The Hall–Kier alpha value is -4.14. The summed E-state index contributed by atoms with van der Waals surface area (Å²) in [6, 6.07) is 27.7. The highest BCUT2D eigenvalue weighted by atomic mass is 35.5. The minimum Gasteiger partial charge on any atom is -0.354 e. The van der Waals surface area contributed by atoms with Gasteiger partial charge in [0.2, 0.25) is 11.8 Å². The summed E-state index contributed by atoms with van der Waals surface area (Å²) < 4.78 is 29.7. The average Bonchev–Trinajstić information content (AvgIpc) is 3.02. The highest BCUT2D eigenvalue weighted by molar-refractivity contribution is 7.92. The lowest BCUT2D eigenvalue weighted by Crippen LogP contribution is -2.53. The van der Waals surface area contributed by atoms with Crippen LogP contribution in [0.15, 0.2) is 102 Å². The molecule has 0 aliphatic carbocycles. The summed E-state index contributed by atoms with van der Waals surface area (Å²) in [5.74, 6) is -0.835. The summed E-state index contributed by atoms with van der Waals surface area (Å²) in [5.41, 5.74) is 4.52. The van der Waals surface area contributed by atoms with Crippen molar-refractivity contribution in [2.24, 2.45) is 0 Å². The second kappa shape index (κ2) is 15.9. The molecule has 242 valence electrons. The average molecular weight is 660 g/mol. The molecule has 4 aromatic carbocycles. The van der Waals surface area contributed by atoms with Gasteiger partial charge in [0.15, 0.2) is 0 Å². The van der Waals surface area contributed by atoms with Crippen molar-refractivity contribution in [3.63, 3.8) is 0 Å². The monoisotopic (exact) mass is 659 g/mol. The molecule has 0 aliphatic heterocycles. The molecule has 1 atom stereocenters. The number of aryl methyl sites for hydroxylation is 3. The number of hydrogen-bond donors (Lipinski definition) is 1. The Labute approximate surface area is 278 Å². The smallest absolute Gasteiger partial charge is 0.264 e. The molecule has 4 rings (SSSR count). The van der Waals surface area contributed by atoms with Crippen molar-refractivity contribution in [3.05, 3.63) is 130 Å². The minimum atomic E-state index is -4.18. The van der Waals surface area contributed by atoms with E-state index < -0.39 is 28.5 Å².